The van der Waals surface area contributed by atoms with Crippen LogP contribution in [0, 0.1) is 5.92 Å². The molecule has 1 aromatic rings. The summed E-state index contributed by atoms with van der Waals surface area (Å²) in [5.74, 6) is -0.00348. The summed E-state index contributed by atoms with van der Waals surface area (Å²) in [6.45, 7) is 4.59. The van der Waals surface area contributed by atoms with Crippen molar-refractivity contribution in [2.45, 2.75) is 32.1 Å². The molecule has 1 aliphatic rings. The fraction of sp³-hybridized carbons (Fsp3) is 0.500. The molecule has 5 heteroatoms. The lowest BCUT2D eigenvalue weighted by Gasteiger charge is -2.16. The van der Waals surface area contributed by atoms with Crippen molar-refractivity contribution in [1.29, 1.82) is 0 Å². The molecule has 0 saturated heterocycles. The Bertz CT molecular complexity index is 522. The van der Waals surface area contributed by atoms with Gasteiger partial charge in [-0.2, -0.15) is 0 Å². The van der Waals surface area contributed by atoms with Gasteiger partial charge in [0.05, 0.1) is 5.41 Å². The van der Waals surface area contributed by atoms with Gasteiger partial charge in [0.25, 0.3) is 0 Å². The average molecular weight is 309 g/mol. The van der Waals surface area contributed by atoms with Crippen LogP contribution in [-0.4, -0.2) is 24.9 Å². The van der Waals surface area contributed by atoms with Gasteiger partial charge >= 0.3 is 0 Å². The molecule has 2 amide bonds. The van der Waals surface area contributed by atoms with Crippen molar-refractivity contribution < 1.29 is 9.59 Å². The number of rotatable bonds is 6. The normalized spacial score (nSPS) is 15.6. The molecule has 1 fully saturated rings. The number of benzene rings is 1. The summed E-state index contributed by atoms with van der Waals surface area (Å²) in [5, 5.41) is 6.36. The van der Waals surface area contributed by atoms with E-state index in [4.69, 9.17) is 11.6 Å². The van der Waals surface area contributed by atoms with E-state index < -0.39 is 5.41 Å². The average Bonchev–Trinajstić information content (AvgIpc) is 3.25. The quantitative estimate of drug-likeness (QED) is 0.792. The van der Waals surface area contributed by atoms with Gasteiger partial charge < -0.3 is 10.6 Å². The van der Waals surface area contributed by atoms with Crippen molar-refractivity contribution in [2.75, 3.05) is 13.1 Å². The summed E-state index contributed by atoms with van der Waals surface area (Å²) in [5.41, 5.74) is 0.614. The summed E-state index contributed by atoms with van der Waals surface area (Å²) < 4.78 is 0. The molecule has 0 heterocycles. The number of nitrogens with one attached hydrogen (secondary N) is 2. The van der Waals surface area contributed by atoms with Crippen LogP contribution in [0.3, 0.4) is 0 Å². The lowest BCUT2D eigenvalue weighted by atomic mass is 9.95. The summed E-state index contributed by atoms with van der Waals surface area (Å²) in [4.78, 5) is 23.7. The highest BCUT2D eigenvalue weighted by atomic mass is 35.5. The standard InChI is InChI=1S/C16H21ClN2O2/c1-11(2)14(20)18-9-10-19-15(21)16(7-8-16)12-3-5-13(17)6-4-12/h3-6,11H,7-10H2,1-2H3,(H,18,20)(H,19,21). The molecule has 114 valence electrons. The molecule has 0 spiro atoms. The van der Waals surface area contributed by atoms with Crippen LogP contribution in [0.4, 0.5) is 0 Å². The second-order valence-corrected chi connectivity index (χ2v) is 6.23. The van der Waals surface area contributed by atoms with Crippen LogP contribution in [0.25, 0.3) is 0 Å². The number of hydrogen-bond donors (Lipinski definition) is 2. The number of amides is 2. The van der Waals surface area contributed by atoms with Crippen molar-refractivity contribution >= 4 is 23.4 Å². The van der Waals surface area contributed by atoms with Crippen LogP contribution >= 0.6 is 11.6 Å². The highest BCUT2D eigenvalue weighted by Crippen LogP contribution is 2.48. The molecule has 2 rings (SSSR count). The molecule has 0 aliphatic heterocycles. The Morgan fingerprint density at radius 1 is 1.14 bits per heavy atom. The Kier molecular flexibility index (Phi) is 4.88. The molecular weight excluding hydrogens is 288 g/mol. The first-order chi connectivity index (χ1) is 9.95. The van der Waals surface area contributed by atoms with Gasteiger partial charge in [-0.05, 0) is 30.5 Å². The summed E-state index contributed by atoms with van der Waals surface area (Å²) in [6.07, 6.45) is 1.72. The minimum Gasteiger partial charge on any atom is -0.354 e. The third-order valence-corrected chi connectivity index (χ3v) is 4.07. The van der Waals surface area contributed by atoms with Crippen molar-refractivity contribution in [3.8, 4) is 0 Å². The van der Waals surface area contributed by atoms with E-state index in [1.807, 2.05) is 38.1 Å². The summed E-state index contributed by atoms with van der Waals surface area (Å²) >= 11 is 5.88. The number of carbonyl (C=O) groups excluding carboxylic acids is 2. The molecule has 0 unspecified atom stereocenters. The Labute approximate surface area is 130 Å². The molecule has 0 aromatic heterocycles. The second kappa shape index (κ2) is 6.48. The van der Waals surface area contributed by atoms with Crippen LogP contribution in [-0.2, 0) is 15.0 Å². The molecule has 0 radical (unpaired) electrons. The van der Waals surface area contributed by atoms with Crippen LogP contribution in [0.15, 0.2) is 24.3 Å². The van der Waals surface area contributed by atoms with Gasteiger partial charge in [-0.15, -0.1) is 0 Å². The van der Waals surface area contributed by atoms with Gasteiger partial charge in [0.2, 0.25) is 11.8 Å². The third kappa shape index (κ3) is 3.76. The van der Waals surface area contributed by atoms with E-state index in [1.165, 1.54) is 0 Å². The van der Waals surface area contributed by atoms with Crippen LogP contribution in [0.2, 0.25) is 5.02 Å². The fourth-order valence-corrected chi connectivity index (χ4v) is 2.40. The Morgan fingerprint density at radius 2 is 1.71 bits per heavy atom. The van der Waals surface area contributed by atoms with Gasteiger partial charge in [0.1, 0.15) is 0 Å². The monoisotopic (exact) mass is 308 g/mol. The largest absolute Gasteiger partial charge is 0.354 e. The maximum atomic E-state index is 12.3. The maximum Gasteiger partial charge on any atom is 0.230 e. The van der Waals surface area contributed by atoms with Crippen molar-refractivity contribution in [2.24, 2.45) is 5.92 Å². The third-order valence-electron chi connectivity index (χ3n) is 3.82. The van der Waals surface area contributed by atoms with Gasteiger partial charge in [-0.25, -0.2) is 0 Å². The predicted molar refractivity (Wildman–Crippen MR) is 83.2 cm³/mol. The SMILES string of the molecule is CC(C)C(=O)NCCNC(=O)C1(c2ccc(Cl)cc2)CC1. The van der Waals surface area contributed by atoms with Gasteiger partial charge in [0.15, 0.2) is 0 Å². The van der Waals surface area contributed by atoms with E-state index in [-0.39, 0.29) is 17.7 Å². The number of carbonyl (C=O) groups is 2. The lowest BCUT2D eigenvalue weighted by Crippen LogP contribution is -2.40. The molecule has 1 saturated carbocycles. The zero-order valence-corrected chi connectivity index (χ0v) is 13.2. The first-order valence-electron chi connectivity index (χ1n) is 7.28. The Balaban J connectivity index is 1.83. The zero-order chi connectivity index (χ0) is 15.5. The van der Waals surface area contributed by atoms with Crippen molar-refractivity contribution in [3.05, 3.63) is 34.9 Å². The van der Waals surface area contributed by atoms with E-state index in [2.05, 4.69) is 10.6 Å². The molecule has 4 nitrogen and oxygen atoms in total. The van der Waals surface area contributed by atoms with E-state index in [0.29, 0.717) is 18.1 Å². The molecule has 1 aromatic carbocycles. The summed E-state index contributed by atoms with van der Waals surface area (Å²) in [7, 11) is 0. The van der Waals surface area contributed by atoms with Crippen LogP contribution < -0.4 is 10.6 Å². The van der Waals surface area contributed by atoms with Crippen molar-refractivity contribution in [1.82, 2.24) is 10.6 Å². The first-order valence-corrected chi connectivity index (χ1v) is 7.65. The molecule has 0 atom stereocenters. The highest BCUT2D eigenvalue weighted by molar-refractivity contribution is 6.30. The molecule has 21 heavy (non-hydrogen) atoms. The predicted octanol–water partition coefficient (Wildman–Crippen LogP) is 2.26. The van der Waals surface area contributed by atoms with Gasteiger partial charge in [0, 0.05) is 24.0 Å². The first kappa shape index (κ1) is 15.8. The minimum atomic E-state index is -0.396. The van der Waals surface area contributed by atoms with E-state index in [9.17, 15) is 9.59 Å². The molecule has 2 N–H and O–H groups in total. The topological polar surface area (TPSA) is 58.2 Å². The molecule has 0 bridgehead atoms. The number of halogens is 1. The van der Waals surface area contributed by atoms with E-state index in [1.54, 1.807) is 0 Å². The molecular formula is C16H21ClN2O2. The van der Waals surface area contributed by atoms with E-state index in [0.717, 1.165) is 18.4 Å². The Morgan fingerprint density at radius 3 is 2.24 bits per heavy atom. The Hall–Kier alpha value is -1.55. The van der Waals surface area contributed by atoms with Gasteiger partial charge in [-0.1, -0.05) is 37.6 Å². The zero-order valence-electron chi connectivity index (χ0n) is 12.4. The minimum absolute atomic E-state index is 0.00286. The maximum absolute atomic E-state index is 12.3. The smallest absolute Gasteiger partial charge is 0.230 e. The van der Waals surface area contributed by atoms with E-state index >= 15 is 0 Å². The number of hydrogen-bond acceptors (Lipinski definition) is 2. The summed E-state index contributed by atoms with van der Waals surface area (Å²) in [6, 6.07) is 7.45. The lowest BCUT2D eigenvalue weighted by molar-refractivity contribution is -0.125. The van der Waals surface area contributed by atoms with Crippen LogP contribution in [0.1, 0.15) is 32.3 Å². The fourth-order valence-electron chi connectivity index (χ4n) is 2.28. The second-order valence-electron chi connectivity index (χ2n) is 5.79. The van der Waals surface area contributed by atoms with Crippen molar-refractivity contribution in [3.63, 3.8) is 0 Å². The highest BCUT2D eigenvalue weighted by Gasteiger charge is 2.50. The van der Waals surface area contributed by atoms with Gasteiger partial charge in [-0.3, -0.25) is 9.59 Å². The van der Waals surface area contributed by atoms with Crippen LogP contribution in [0.5, 0.6) is 0 Å². The molecule has 1 aliphatic carbocycles.